The van der Waals surface area contributed by atoms with Gasteiger partial charge in [-0.05, 0) is 37.4 Å². The fourth-order valence-electron chi connectivity index (χ4n) is 4.84. The van der Waals surface area contributed by atoms with Crippen LogP contribution in [0.15, 0.2) is 40.8 Å². The van der Waals surface area contributed by atoms with Crippen molar-refractivity contribution in [3.8, 4) is 0 Å². The molecule has 2 aliphatic rings. The Kier molecular flexibility index (Phi) is 7.45. The number of rotatable bonds is 6. The predicted molar refractivity (Wildman–Crippen MR) is 131 cm³/mol. The fourth-order valence-corrected chi connectivity index (χ4v) is 5.83. The van der Waals surface area contributed by atoms with Crippen LogP contribution in [0, 0.1) is 0 Å². The molecule has 2 fully saturated rings. The zero-order valence-corrected chi connectivity index (χ0v) is 19.8. The van der Waals surface area contributed by atoms with Crippen LogP contribution in [0.2, 0.25) is 0 Å². The maximum atomic E-state index is 4.70. The molecule has 0 radical (unpaired) electrons. The van der Waals surface area contributed by atoms with Gasteiger partial charge in [-0.25, -0.2) is 4.98 Å². The summed E-state index contributed by atoms with van der Waals surface area (Å²) in [6.07, 6.45) is 8.40. The molecular weight excluding hydrogens is 404 g/mol. The summed E-state index contributed by atoms with van der Waals surface area (Å²) in [6, 6.07) is 8.70. The summed E-state index contributed by atoms with van der Waals surface area (Å²) in [7, 11) is 4.04. The van der Waals surface area contributed by atoms with Crippen LogP contribution < -0.4 is 15.5 Å². The van der Waals surface area contributed by atoms with Gasteiger partial charge in [0.25, 0.3) is 0 Å². The number of nitrogens with one attached hydrogen (secondary N) is 2. The molecule has 0 bridgehead atoms. The van der Waals surface area contributed by atoms with Crippen LogP contribution in [-0.2, 0) is 12.0 Å². The Morgan fingerprint density at radius 2 is 1.90 bits per heavy atom. The molecule has 31 heavy (non-hydrogen) atoms. The largest absolute Gasteiger partial charge is 0.355 e. The van der Waals surface area contributed by atoms with Crippen molar-refractivity contribution >= 4 is 23.1 Å². The van der Waals surface area contributed by atoms with Crippen molar-refractivity contribution in [2.24, 2.45) is 4.99 Å². The summed E-state index contributed by atoms with van der Waals surface area (Å²) in [5, 5.41) is 9.40. The van der Waals surface area contributed by atoms with E-state index in [4.69, 9.17) is 4.98 Å². The molecule has 2 N–H and O–H groups in total. The third-order valence-electron chi connectivity index (χ3n) is 6.79. The van der Waals surface area contributed by atoms with Crippen LogP contribution in [0.25, 0.3) is 0 Å². The van der Waals surface area contributed by atoms with Crippen LogP contribution in [0.3, 0.4) is 0 Å². The maximum Gasteiger partial charge on any atom is 0.191 e. The smallest absolute Gasteiger partial charge is 0.191 e. The van der Waals surface area contributed by atoms with E-state index < -0.39 is 0 Å². The zero-order chi connectivity index (χ0) is 21.5. The molecule has 0 aromatic carbocycles. The second-order valence-electron chi connectivity index (χ2n) is 8.87. The SMILES string of the molecule is CN=C(NCc1cccnc1N1CCN(C)CC1)NCC1(c2cccs2)CCCCC1. The van der Waals surface area contributed by atoms with Crippen LogP contribution in [0.1, 0.15) is 42.5 Å². The van der Waals surface area contributed by atoms with Gasteiger partial charge in [0.1, 0.15) is 5.82 Å². The van der Waals surface area contributed by atoms with Gasteiger partial charge in [-0.1, -0.05) is 31.4 Å². The standard InChI is InChI=1S/C24H36N6S/c1-25-23(28-19-24(10-4-3-5-11-24)21-9-7-17-31-21)27-18-20-8-6-12-26-22(20)30-15-13-29(2)14-16-30/h6-9,12,17H,3-5,10-11,13-16,18-19H2,1-2H3,(H2,25,27,28). The lowest BCUT2D eigenvalue weighted by Gasteiger charge is -2.37. The number of nitrogens with zero attached hydrogens (tertiary/aromatic N) is 4. The van der Waals surface area contributed by atoms with E-state index in [-0.39, 0.29) is 5.41 Å². The van der Waals surface area contributed by atoms with Crippen molar-refractivity contribution in [1.82, 2.24) is 20.5 Å². The van der Waals surface area contributed by atoms with Gasteiger partial charge in [0.2, 0.25) is 0 Å². The summed E-state index contributed by atoms with van der Waals surface area (Å²) < 4.78 is 0. The molecular formula is C24H36N6S. The van der Waals surface area contributed by atoms with Crippen molar-refractivity contribution in [1.29, 1.82) is 0 Å². The Morgan fingerprint density at radius 1 is 1.10 bits per heavy atom. The second-order valence-corrected chi connectivity index (χ2v) is 9.82. The van der Waals surface area contributed by atoms with Crippen LogP contribution in [0.5, 0.6) is 0 Å². The Morgan fingerprint density at radius 3 is 2.61 bits per heavy atom. The van der Waals surface area contributed by atoms with Gasteiger partial charge in [0, 0.05) is 68.4 Å². The number of hydrogen-bond acceptors (Lipinski definition) is 5. The first kappa shape index (κ1) is 22.1. The number of likely N-dealkylation sites (N-methyl/N-ethyl adjacent to an activating group) is 1. The number of thiophene rings is 1. The Balaban J connectivity index is 1.38. The molecule has 1 aliphatic carbocycles. The number of anilines is 1. The van der Waals surface area contributed by atoms with Crippen LogP contribution in [-0.4, -0.2) is 62.7 Å². The van der Waals surface area contributed by atoms with Crippen molar-refractivity contribution in [2.45, 2.75) is 44.1 Å². The van der Waals surface area contributed by atoms with E-state index in [9.17, 15) is 0 Å². The lowest BCUT2D eigenvalue weighted by molar-refractivity contribution is 0.296. The van der Waals surface area contributed by atoms with Crippen molar-refractivity contribution in [3.63, 3.8) is 0 Å². The van der Waals surface area contributed by atoms with E-state index in [1.54, 1.807) is 0 Å². The minimum atomic E-state index is 0.239. The van der Waals surface area contributed by atoms with Gasteiger partial charge >= 0.3 is 0 Å². The molecule has 0 spiro atoms. The topological polar surface area (TPSA) is 55.8 Å². The summed E-state index contributed by atoms with van der Waals surface area (Å²) in [4.78, 5) is 15.5. The van der Waals surface area contributed by atoms with Gasteiger partial charge in [-0.3, -0.25) is 4.99 Å². The monoisotopic (exact) mass is 440 g/mol. The average Bonchev–Trinajstić information content (AvgIpc) is 3.37. The molecule has 0 unspecified atom stereocenters. The minimum absolute atomic E-state index is 0.239. The van der Waals surface area contributed by atoms with Gasteiger partial charge in [0.15, 0.2) is 5.96 Å². The van der Waals surface area contributed by atoms with Crippen LogP contribution >= 0.6 is 11.3 Å². The quantitative estimate of drug-likeness (QED) is 0.532. The predicted octanol–water partition coefficient (Wildman–Crippen LogP) is 3.46. The average molecular weight is 441 g/mol. The van der Waals surface area contributed by atoms with Gasteiger partial charge in [-0.15, -0.1) is 11.3 Å². The summed E-state index contributed by atoms with van der Waals surface area (Å²) in [6.45, 7) is 5.87. The van der Waals surface area contributed by atoms with Crippen molar-refractivity contribution < 1.29 is 0 Å². The first-order valence-corrected chi connectivity index (χ1v) is 12.4. The highest BCUT2D eigenvalue weighted by Gasteiger charge is 2.34. The molecule has 6 nitrogen and oxygen atoms in total. The Hall–Kier alpha value is -2.12. The molecule has 1 saturated carbocycles. The maximum absolute atomic E-state index is 4.70. The molecule has 3 heterocycles. The molecule has 1 aliphatic heterocycles. The lowest BCUT2D eigenvalue weighted by atomic mass is 9.73. The molecule has 1 saturated heterocycles. The summed E-state index contributed by atoms with van der Waals surface area (Å²) >= 11 is 1.90. The van der Waals surface area contributed by atoms with Gasteiger partial charge < -0.3 is 20.4 Å². The Bertz CT molecular complexity index is 836. The number of aromatic nitrogens is 1. The summed E-state index contributed by atoms with van der Waals surface area (Å²) in [5.74, 6) is 1.97. The number of pyridine rings is 1. The van der Waals surface area contributed by atoms with E-state index in [1.807, 2.05) is 30.6 Å². The minimum Gasteiger partial charge on any atom is -0.355 e. The third-order valence-corrected chi connectivity index (χ3v) is 7.91. The zero-order valence-electron chi connectivity index (χ0n) is 18.9. The normalized spacial score (nSPS) is 19.9. The molecule has 7 heteroatoms. The first-order valence-electron chi connectivity index (χ1n) is 11.6. The van der Waals surface area contributed by atoms with Crippen LogP contribution in [0.4, 0.5) is 5.82 Å². The Labute approximate surface area is 190 Å². The van der Waals surface area contributed by atoms with Crippen molar-refractivity contribution in [3.05, 3.63) is 46.3 Å². The highest BCUT2D eigenvalue weighted by atomic mass is 32.1. The summed E-state index contributed by atoms with van der Waals surface area (Å²) in [5.41, 5.74) is 1.46. The molecule has 168 valence electrons. The van der Waals surface area contributed by atoms with Gasteiger partial charge in [0.05, 0.1) is 0 Å². The van der Waals surface area contributed by atoms with E-state index in [1.165, 1.54) is 42.5 Å². The van der Waals surface area contributed by atoms with Gasteiger partial charge in [-0.2, -0.15) is 0 Å². The number of piperazine rings is 1. The number of guanidine groups is 1. The number of hydrogen-bond donors (Lipinski definition) is 2. The highest BCUT2D eigenvalue weighted by Crippen LogP contribution is 2.41. The van der Waals surface area contributed by atoms with E-state index in [0.29, 0.717) is 0 Å². The molecule has 4 rings (SSSR count). The third kappa shape index (κ3) is 5.39. The van der Waals surface area contributed by atoms with Crippen molar-refractivity contribution in [2.75, 3.05) is 51.7 Å². The molecule has 0 amide bonds. The molecule has 0 atom stereocenters. The number of aliphatic imine (C=N–C) groups is 1. The molecule has 2 aromatic heterocycles. The second kappa shape index (κ2) is 10.5. The van der Waals surface area contributed by atoms with E-state index in [2.05, 4.69) is 56.1 Å². The van der Waals surface area contributed by atoms with E-state index >= 15 is 0 Å². The first-order chi connectivity index (χ1) is 15.2. The fraction of sp³-hybridized carbons (Fsp3) is 0.583. The van der Waals surface area contributed by atoms with E-state index in [0.717, 1.165) is 51.0 Å². The highest BCUT2D eigenvalue weighted by molar-refractivity contribution is 7.10. The molecule has 2 aromatic rings. The lowest BCUT2D eigenvalue weighted by Crippen LogP contribution is -2.47.